The van der Waals surface area contributed by atoms with Crippen LogP contribution in [-0.2, 0) is 60.4 Å². The second-order valence-electron chi connectivity index (χ2n) is 23.3. The largest absolute Gasteiger partial charge is 0.507 e. The van der Waals surface area contributed by atoms with Gasteiger partial charge in [0.15, 0.2) is 0 Å². The van der Waals surface area contributed by atoms with Crippen LogP contribution in [0.4, 0.5) is 0 Å². The second kappa shape index (κ2) is 20.6. The van der Waals surface area contributed by atoms with E-state index in [0.717, 1.165) is 80.2 Å². The molecule has 6 aromatic rings. The van der Waals surface area contributed by atoms with Crippen molar-refractivity contribution in [3.05, 3.63) is 187 Å². The molecule has 0 atom stereocenters. The third kappa shape index (κ3) is 12.6. The van der Waals surface area contributed by atoms with Gasteiger partial charge in [-0.05, 0) is 99.5 Å². The van der Waals surface area contributed by atoms with Crippen LogP contribution in [0.5, 0.6) is 23.0 Å². The van der Waals surface area contributed by atoms with E-state index in [1.54, 1.807) is 0 Å². The van der Waals surface area contributed by atoms with Crippen LogP contribution in [0.3, 0.4) is 0 Å². The highest BCUT2D eigenvalue weighted by atomic mass is 16.5. The van der Waals surface area contributed by atoms with Crippen LogP contribution in [0, 0.1) is 0 Å². The van der Waals surface area contributed by atoms with Gasteiger partial charge in [0, 0.05) is 51.9 Å². The van der Waals surface area contributed by atoms with Gasteiger partial charge in [0.25, 0.3) is 0 Å². The molecule has 0 heterocycles. The molecular formula is C62H78N2O4. The highest BCUT2D eigenvalue weighted by Crippen LogP contribution is 2.44. The minimum Gasteiger partial charge on any atom is -0.507 e. The Hall–Kier alpha value is -5.56. The number of fused-ring (bicyclic) bond motifs is 8. The summed E-state index contributed by atoms with van der Waals surface area (Å²) in [7, 11) is 0. The number of ether oxygens (including phenoxy) is 2. The maximum absolute atomic E-state index is 12.7. The Balaban J connectivity index is 1.42. The van der Waals surface area contributed by atoms with Gasteiger partial charge in [-0.3, -0.25) is 0 Å². The number of phenols is 2. The Morgan fingerprint density at radius 2 is 0.632 bits per heavy atom. The maximum atomic E-state index is 12.7. The fraction of sp³-hybridized carbons (Fsp3) is 0.419. The van der Waals surface area contributed by atoms with Gasteiger partial charge in [-0.2, -0.15) is 0 Å². The van der Waals surface area contributed by atoms with Crippen molar-refractivity contribution in [2.45, 2.75) is 144 Å². The molecule has 0 saturated carbocycles. The van der Waals surface area contributed by atoms with E-state index < -0.39 is 0 Å². The molecule has 1 aliphatic rings. The van der Waals surface area contributed by atoms with Crippen molar-refractivity contribution in [1.29, 1.82) is 0 Å². The summed E-state index contributed by atoms with van der Waals surface area (Å²) in [5.41, 5.74) is 13.9. The molecule has 0 aliphatic heterocycles. The van der Waals surface area contributed by atoms with E-state index in [4.69, 9.17) is 9.47 Å². The summed E-state index contributed by atoms with van der Waals surface area (Å²) in [6.07, 6.45) is 1.87. The number of phenolic OH excluding ortho intramolecular Hbond substituents is 2. The van der Waals surface area contributed by atoms with Gasteiger partial charge in [0.1, 0.15) is 36.2 Å². The number of hydrogen-bond acceptors (Lipinski definition) is 6. The van der Waals surface area contributed by atoms with Crippen molar-refractivity contribution in [1.82, 2.24) is 10.6 Å². The molecule has 0 saturated heterocycles. The predicted octanol–water partition coefficient (Wildman–Crippen LogP) is 13.3. The van der Waals surface area contributed by atoms with Crippen LogP contribution in [-0.4, -0.2) is 36.5 Å². The molecule has 0 spiro atoms. The third-order valence-corrected chi connectivity index (χ3v) is 13.4. The minimum absolute atomic E-state index is 0.179. The topological polar surface area (TPSA) is 83.0 Å². The van der Waals surface area contributed by atoms with Crippen LogP contribution in [0.2, 0.25) is 0 Å². The number of rotatable bonds is 12. The highest BCUT2D eigenvalue weighted by molar-refractivity contribution is 5.59. The summed E-state index contributed by atoms with van der Waals surface area (Å²) in [5.74, 6) is 2.23. The lowest BCUT2D eigenvalue weighted by Crippen LogP contribution is -2.22. The molecule has 6 aromatic carbocycles. The average molecular weight is 915 g/mol. The molecule has 68 heavy (non-hydrogen) atoms. The van der Waals surface area contributed by atoms with E-state index in [2.05, 4.69) is 191 Å². The molecule has 0 aromatic heterocycles. The van der Waals surface area contributed by atoms with Gasteiger partial charge in [0.2, 0.25) is 0 Å². The quantitative estimate of drug-likeness (QED) is 0.0914. The van der Waals surface area contributed by atoms with Crippen molar-refractivity contribution < 1.29 is 19.7 Å². The Bertz CT molecular complexity index is 2390. The molecule has 0 radical (unpaired) electrons. The standard InChI is InChI=1S/C62H78N2O4/c1-59(2,3)51-31-43-27-47-35-53(61(7,8)9)37-49(57(47)67-25-23-63-39-41-19-15-13-16-20-41)29-45-33-52(60(4,5)6)34-46(56(45)66)30-50-38-54(62(10,11)12)36-48(28-44(32-51)55(43)65)58(50)68-26-24-64-40-42-21-17-14-18-22-42/h13-22,31-38,63-66H,23-30,39-40H2,1-12H3. The lowest BCUT2D eigenvalue weighted by atomic mass is 9.79. The van der Waals surface area contributed by atoms with E-state index in [-0.39, 0.29) is 21.7 Å². The zero-order valence-corrected chi connectivity index (χ0v) is 43.2. The zero-order valence-electron chi connectivity index (χ0n) is 43.2. The smallest absolute Gasteiger partial charge is 0.126 e. The van der Waals surface area contributed by atoms with Crippen molar-refractivity contribution in [3.8, 4) is 23.0 Å². The monoisotopic (exact) mass is 915 g/mol. The average Bonchev–Trinajstić information content (AvgIpc) is 3.26. The number of aromatic hydroxyl groups is 2. The fourth-order valence-electron chi connectivity index (χ4n) is 9.12. The maximum Gasteiger partial charge on any atom is 0.126 e. The summed E-state index contributed by atoms with van der Waals surface area (Å²) in [6.45, 7) is 30.7. The van der Waals surface area contributed by atoms with Crippen LogP contribution in [0.15, 0.2) is 109 Å². The first-order valence-corrected chi connectivity index (χ1v) is 24.8. The van der Waals surface area contributed by atoms with Crippen molar-refractivity contribution in [2.24, 2.45) is 0 Å². The molecule has 0 unspecified atom stereocenters. The van der Waals surface area contributed by atoms with Crippen LogP contribution >= 0.6 is 0 Å². The Morgan fingerprint density at radius 3 is 0.882 bits per heavy atom. The molecule has 6 nitrogen and oxygen atoms in total. The first-order chi connectivity index (χ1) is 32.0. The molecule has 360 valence electrons. The lowest BCUT2D eigenvalue weighted by molar-refractivity contribution is 0.307. The zero-order chi connectivity index (χ0) is 49.0. The van der Waals surface area contributed by atoms with Crippen molar-refractivity contribution >= 4 is 0 Å². The van der Waals surface area contributed by atoms with Gasteiger partial charge in [-0.25, -0.2) is 0 Å². The molecule has 0 amide bonds. The van der Waals surface area contributed by atoms with Gasteiger partial charge < -0.3 is 30.3 Å². The third-order valence-electron chi connectivity index (χ3n) is 13.4. The summed E-state index contributed by atoms with van der Waals surface area (Å²) in [4.78, 5) is 0. The van der Waals surface area contributed by atoms with Gasteiger partial charge >= 0.3 is 0 Å². The molecule has 1 aliphatic carbocycles. The second-order valence-corrected chi connectivity index (χ2v) is 23.3. The molecule has 7 rings (SSSR count). The van der Waals surface area contributed by atoms with E-state index in [1.807, 2.05) is 12.1 Å². The van der Waals surface area contributed by atoms with Crippen LogP contribution < -0.4 is 20.1 Å². The highest BCUT2D eigenvalue weighted by Gasteiger charge is 2.28. The van der Waals surface area contributed by atoms with Crippen LogP contribution in [0.1, 0.15) is 161 Å². The van der Waals surface area contributed by atoms with Crippen molar-refractivity contribution in [2.75, 3.05) is 26.3 Å². The van der Waals surface area contributed by atoms with E-state index >= 15 is 0 Å². The van der Waals surface area contributed by atoms with E-state index in [0.29, 0.717) is 63.5 Å². The number of hydrogen-bond donors (Lipinski definition) is 4. The summed E-state index contributed by atoms with van der Waals surface area (Å²) in [6, 6.07) is 38.8. The SMILES string of the molecule is CC(C)(C)c1cc2c(O)c(c1)Cc1cc(C(C)(C)C)cc(c1OCCNCc1ccccc1)Cc1cc(C(C)(C)C)cc(c1O)Cc1cc(C(C)(C)C)cc(c1OCCNCc1ccccc1)C2. The van der Waals surface area contributed by atoms with E-state index in [1.165, 1.54) is 22.3 Å². The molecule has 6 heteroatoms. The Morgan fingerprint density at radius 1 is 0.382 bits per heavy atom. The van der Waals surface area contributed by atoms with Crippen molar-refractivity contribution in [3.63, 3.8) is 0 Å². The summed E-state index contributed by atoms with van der Waals surface area (Å²) < 4.78 is 13.9. The van der Waals surface area contributed by atoms with Gasteiger partial charge in [0.05, 0.1) is 0 Å². The molecule has 4 N–H and O–H groups in total. The van der Waals surface area contributed by atoms with Gasteiger partial charge in [-0.1, -0.05) is 192 Å². The Labute approximate surface area is 408 Å². The minimum atomic E-state index is -0.187. The fourth-order valence-corrected chi connectivity index (χ4v) is 9.12. The number of nitrogens with one attached hydrogen (secondary N) is 2. The summed E-state index contributed by atoms with van der Waals surface area (Å²) >= 11 is 0. The first kappa shape index (κ1) is 50.3. The number of benzene rings is 6. The summed E-state index contributed by atoms with van der Waals surface area (Å²) in [5, 5.41) is 32.5. The van der Waals surface area contributed by atoms with Gasteiger partial charge in [-0.15, -0.1) is 0 Å². The molecule has 0 fully saturated rings. The normalized spacial score (nSPS) is 13.4. The Kier molecular flexibility index (Phi) is 15.2. The molecular weight excluding hydrogens is 837 g/mol. The van der Waals surface area contributed by atoms with Crippen LogP contribution in [0.25, 0.3) is 0 Å². The predicted molar refractivity (Wildman–Crippen MR) is 282 cm³/mol. The lowest BCUT2D eigenvalue weighted by Gasteiger charge is -2.28. The first-order valence-electron chi connectivity index (χ1n) is 24.8. The van der Waals surface area contributed by atoms with E-state index in [9.17, 15) is 10.2 Å². The molecule has 8 bridgehead atoms.